The van der Waals surface area contributed by atoms with Crippen LogP contribution < -0.4 is 5.73 Å². The molecule has 0 saturated carbocycles. The Balaban J connectivity index is 2.44. The van der Waals surface area contributed by atoms with Crippen LogP contribution in [0.15, 0.2) is 4.52 Å². The molecule has 2 N–H and O–H groups in total. The van der Waals surface area contributed by atoms with Crippen LogP contribution in [-0.2, 0) is 12.2 Å². The topological polar surface area (TPSA) is 64.9 Å². The van der Waals surface area contributed by atoms with Crippen molar-refractivity contribution in [2.24, 2.45) is 11.7 Å². The highest BCUT2D eigenvalue weighted by molar-refractivity contribution is 7.99. The molecule has 1 aromatic rings. The molecule has 0 aliphatic carbocycles. The van der Waals surface area contributed by atoms with E-state index in [-0.39, 0.29) is 0 Å². The Morgan fingerprint density at radius 3 is 2.75 bits per heavy atom. The Morgan fingerprint density at radius 2 is 2.19 bits per heavy atom. The van der Waals surface area contributed by atoms with Crippen LogP contribution in [0.2, 0.25) is 0 Å². The maximum absolute atomic E-state index is 5.64. The molecule has 0 amide bonds. The van der Waals surface area contributed by atoms with Crippen molar-refractivity contribution in [2.75, 3.05) is 6.54 Å². The zero-order valence-corrected chi connectivity index (χ0v) is 11.1. The van der Waals surface area contributed by atoms with Gasteiger partial charge >= 0.3 is 0 Å². The van der Waals surface area contributed by atoms with E-state index in [9.17, 15) is 0 Å². The van der Waals surface area contributed by atoms with E-state index in [1.807, 2.05) is 11.8 Å². The number of nitrogens with two attached hydrogens (primary N) is 1. The molecule has 1 unspecified atom stereocenters. The summed E-state index contributed by atoms with van der Waals surface area (Å²) < 4.78 is 5.20. The highest BCUT2D eigenvalue weighted by Gasteiger charge is 2.12. The van der Waals surface area contributed by atoms with Crippen LogP contribution in [0.25, 0.3) is 0 Å². The minimum Gasteiger partial charge on any atom is -0.339 e. The Kier molecular flexibility index (Phi) is 5.84. The number of nitrogens with zero attached hydrogens (tertiary/aromatic N) is 2. The van der Waals surface area contributed by atoms with Gasteiger partial charge < -0.3 is 10.3 Å². The summed E-state index contributed by atoms with van der Waals surface area (Å²) in [5.41, 5.74) is 5.64. The monoisotopic (exact) mass is 243 g/mol. The van der Waals surface area contributed by atoms with E-state index in [1.165, 1.54) is 0 Å². The van der Waals surface area contributed by atoms with Crippen molar-refractivity contribution >= 4 is 11.8 Å². The van der Waals surface area contributed by atoms with Crippen LogP contribution >= 0.6 is 11.8 Å². The summed E-state index contributed by atoms with van der Waals surface area (Å²) >= 11 is 1.82. The standard InChI is InChI=1S/C11H21N3OS/c1-4-9(6-12)5-11-13-10(14-15-11)7-16-8(2)3/h8-9H,4-7,12H2,1-3H3. The van der Waals surface area contributed by atoms with Crippen LogP contribution in [0.3, 0.4) is 0 Å². The van der Waals surface area contributed by atoms with Gasteiger partial charge in [0.1, 0.15) is 0 Å². The molecular formula is C11H21N3OS. The molecule has 1 heterocycles. The van der Waals surface area contributed by atoms with E-state index < -0.39 is 0 Å². The van der Waals surface area contributed by atoms with E-state index >= 15 is 0 Å². The van der Waals surface area contributed by atoms with Gasteiger partial charge in [-0.3, -0.25) is 0 Å². The van der Waals surface area contributed by atoms with Gasteiger partial charge in [-0.25, -0.2) is 0 Å². The molecule has 92 valence electrons. The van der Waals surface area contributed by atoms with Crippen molar-refractivity contribution < 1.29 is 4.52 Å². The molecule has 0 saturated heterocycles. The van der Waals surface area contributed by atoms with E-state index in [2.05, 4.69) is 30.9 Å². The summed E-state index contributed by atoms with van der Waals surface area (Å²) in [7, 11) is 0. The number of hydrogen-bond acceptors (Lipinski definition) is 5. The number of aromatic nitrogens is 2. The maximum atomic E-state index is 5.64. The van der Waals surface area contributed by atoms with Crippen molar-refractivity contribution in [1.82, 2.24) is 10.1 Å². The maximum Gasteiger partial charge on any atom is 0.226 e. The number of hydrogen-bond donors (Lipinski definition) is 1. The van der Waals surface area contributed by atoms with Gasteiger partial charge in [0, 0.05) is 6.42 Å². The molecular weight excluding hydrogens is 222 g/mol. The molecule has 0 fully saturated rings. The summed E-state index contributed by atoms with van der Waals surface area (Å²) in [5.74, 6) is 2.78. The van der Waals surface area contributed by atoms with Gasteiger partial charge in [-0.2, -0.15) is 16.7 Å². The van der Waals surface area contributed by atoms with Gasteiger partial charge in [0.05, 0.1) is 5.75 Å². The molecule has 0 spiro atoms. The van der Waals surface area contributed by atoms with Crippen LogP contribution in [0.4, 0.5) is 0 Å². The second-order valence-corrected chi connectivity index (χ2v) is 5.74. The Bertz CT molecular complexity index is 297. The van der Waals surface area contributed by atoms with Crippen molar-refractivity contribution in [3.05, 3.63) is 11.7 Å². The average molecular weight is 243 g/mol. The smallest absolute Gasteiger partial charge is 0.226 e. The largest absolute Gasteiger partial charge is 0.339 e. The van der Waals surface area contributed by atoms with Gasteiger partial charge in [-0.1, -0.05) is 32.3 Å². The van der Waals surface area contributed by atoms with E-state index in [0.717, 1.165) is 30.3 Å². The molecule has 1 aromatic heterocycles. The van der Waals surface area contributed by atoms with Gasteiger partial charge in [0.25, 0.3) is 0 Å². The molecule has 0 aliphatic rings. The highest BCUT2D eigenvalue weighted by Crippen LogP contribution is 2.16. The minimum atomic E-state index is 0.450. The van der Waals surface area contributed by atoms with Crippen molar-refractivity contribution in [1.29, 1.82) is 0 Å². The van der Waals surface area contributed by atoms with Crippen LogP contribution in [0.1, 0.15) is 38.9 Å². The van der Waals surface area contributed by atoms with E-state index in [4.69, 9.17) is 10.3 Å². The average Bonchev–Trinajstić information content (AvgIpc) is 2.70. The molecule has 4 nitrogen and oxygen atoms in total. The lowest BCUT2D eigenvalue weighted by Gasteiger charge is -2.07. The molecule has 5 heteroatoms. The molecule has 0 aromatic carbocycles. The SMILES string of the molecule is CCC(CN)Cc1nc(CSC(C)C)no1. The second-order valence-electron chi connectivity index (χ2n) is 4.18. The fourth-order valence-corrected chi connectivity index (χ4v) is 1.91. The molecule has 0 bridgehead atoms. The number of rotatable bonds is 7. The van der Waals surface area contributed by atoms with E-state index in [0.29, 0.717) is 17.7 Å². The predicted octanol–water partition coefficient (Wildman–Crippen LogP) is 2.24. The first kappa shape index (κ1) is 13.5. The van der Waals surface area contributed by atoms with Crippen molar-refractivity contribution in [2.45, 2.75) is 44.6 Å². The lowest BCUT2D eigenvalue weighted by Crippen LogP contribution is -2.16. The van der Waals surface area contributed by atoms with Crippen LogP contribution in [0, 0.1) is 5.92 Å². The van der Waals surface area contributed by atoms with Crippen LogP contribution in [-0.4, -0.2) is 21.9 Å². The second kappa shape index (κ2) is 6.91. The first-order chi connectivity index (χ1) is 7.65. The molecule has 16 heavy (non-hydrogen) atoms. The Morgan fingerprint density at radius 1 is 1.44 bits per heavy atom. The third-order valence-corrected chi connectivity index (χ3v) is 3.52. The summed E-state index contributed by atoms with van der Waals surface area (Å²) in [4.78, 5) is 4.36. The Labute approximate surface area is 101 Å². The minimum absolute atomic E-state index is 0.450. The van der Waals surface area contributed by atoms with E-state index in [1.54, 1.807) is 0 Å². The van der Waals surface area contributed by atoms with Crippen molar-refractivity contribution in [3.8, 4) is 0 Å². The van der Waals surface area contributed by atoms with Gasteiger partial charge in [0.15, 0.2) is 5.82 Å². The first-order valence-corrected chi connectivity index (χ1v) is 6.83. The quantitative estimate of drug-likeness (QED) is 0.795. The van der Waals surface area contributed by atoms with Gasteiger partial charge in [-0.15, -0.1) is 0 Å². The summed E-state index contributed by atoms with van der Waals surface area (Å²) in [6, 6.07) is 0. The number of thioether (sulfide) groups is 1. The lowest BCUT2D eigenvalue weighted by atomic mass is 10.0. The fourth-order valence-electron chi connectivity index (χ4n) is 1.31. The Hall–Kier alpha value is -0.550. The molecule has 1 rings (SSSR count). The molecule has 1 atom stereocenters. The van der Waals surface area contributed by atoms with Crippen molar-refractivity contribution in [3.63, 3.8) is 0 Å². The first-order valence-electron chi connectivity index (χ1n) is 5.78. The predicted molar refractivity (Wildman–Crippen MR) is 67.3 cm³/mol. The summed E-state index contributed by atoms with van der Waals surface area (Å²) in [5, 5.41) is 4.55. The molecule has 0 radical (unpaired) electrons. The lowest BCUT2D eigenvalue weighted by molar-refractivity contribution is 0.348. The fraction of sp³-hybridized carbons (Fsp3) is 0.818. The highest BCUT2D eigenvalue weighted by atomic mass is 32.2. The summed E-state index contributed by atoms with van der Waals surface area (Å²) in [6.45, 7) is 7.12. The van der Waals surface area contributed by atoms with Gasteiger partial charge in [0.2, 0.25) is 5.89 Å². The molecule has 0 aliphatic heterocycles. The van der Waals surface area contributed by atoms with Gasteiger partial charge in [-0.05, 0) is 17.7 Å². The normalized spacial score (nSPS) is 13.3. The van der Waals surface area contributed by atoms with Crippen LogP contribution in [0.5, 0.6) is 0 Å². The third kappa shape index (κ3) is 4.53. The summed E-state index contributed by atoms with van der Waals surface area (Å²) in [6.07, 6.45) is 1.85. The zero-order chi connectivity index (χ0) is 12.0. The third-order valence-electron chi connectivity index (χ3n) is 2.43. The zero-order valence-electron chi connectivity index (χ0n) is 10.3.